The van der Waals surface area contributed by atoms with Gasteiger partial charge in [-0.3, -0.25) is 34.2 Å². The molecule has 0 spiro atoms. The number of benzene rings is 6. The molecule has 0 radical (unpaired) electrons. The van der Waals surface area contributed by atoms with Crippen molar-refractivity contribution in [3.63, 3.8) is 0 Å². The molecule has 8 aliphatic carbocycles. The van der Waals surface area contributed by atoms with Gasteiger partial charge in [0.1, 0.15) is 28.2 Å². The molecule has 6 aromatic rings. The van der Waals surface area contributed by atoms with E-state index in [2.05, 4.69) is 242 Å². The number of rotatable bonds is 16. The molecule has 22 rings (SSSR count). The van der Waals surface area contributed by atoms with Crippen molar-refractivity contribution in [2.75, 3.05) is 105 Å². The Hall–Kier alpha value is -8.20. The van der Waals surface area contributed by atoms with Crippen LogP contribution in [0.15, 0.2) is 187 Å². The molecule has 16 aliphatic rings. The molecule has 8 saturated heterocycles. The fourth-order valence-electron chi connectivity index (χ4n) is 26.4. The van der Waals surface area contributed by atoms with Crippen LogP contribution in [-0.4, -0.2) is 234 Å². The van der Waals surface area contributed by atoms with Crippen LogP contribution in [0.25, 0.3) is 0 Å². The number of ether oxygens (including phenoxy) is 4. The minimum absolute atomic E-state index is 0. The van der Waals surface area contributed by atoms with Crippen LogP contribution in [-0.2, 0) is 83.4 Å². The topological polar surface area (TPSA) is 299 Å². The Morgan fingerprint density at radius 2 is 0.476 bits per heavy atom. The van der Waals surface area contributed by atoms with Crippen LogP contribution in [0.5, 0.6) is 0 Å². The number of nitrogens with zero attached hydrogens (tertiary/aromatic N) is 7. The molecule has 800 valence electrons. The number of nitrogens with two attached hydrogens (primary N) is 2. The Kier molecular flexibility index (Phi) is 42.0. The van der Waals surface area contributed by atoms with E-state index in [1.165, 1.54) is 149 Å². The van der Waals surface area contributed by atoms with E-state index in [1.807, 2.05) is 89.2 Å². The maximum Gasteiger partial charge on any atom is 0.407 e. The summed E-state index contributed by atoms with van der Waals surface area (Å²) in [6.45, 7) is 46.2. The van der Waals surface area contributed by atoms with Gasteiger partial charge in [-0.15, -0.1) is 0 Å². The SMILES string of the molecule is CC(C)(C)OC(=O)NC1C2CCC1CN(Cc1ccccc1)C2.CC(C)(C)OC(=O)NC1C2CCC1CN(Cc1ccccc1)C2.CC(C)(C)OC(=O)NC1C2CCC1CNC2.CC(C)(C)OC(=O)NC1C2CCC1CNC2.NC1C2CCC1CN(Cc1ccccc1)C2.NC1C2CCC1CN(Cc1ccccc1)C2.O=C1C2CCC1CN(Cc1ccccc1)C2.ON=C1C2CCC1CN(Cc1ccccc1)C2.[CH3-].[Pd]. The van der Waals surface area contributed by atoms with Gasteiger partial charge in [-0.05, 0) is 316 Å². The molecule has 16 bridgehead atoms. The second-order valence-corrected chi connectivity index (χ2v) is 48.7. The van der Waals surface area contributed by atoms with E-state index < -0.39 is 22.4 Å². The number of piperidine rings is 8. The van der Waals surface area contributed by atoms with Crippen LogP contribution >= 0.6 is 0 Å². The average molecular weight is 2090 g/mol. The molecule has 8 aliphatic heterocycles. The molecule has 145 heavy (non-hydrogen) atoms. The maximum atomic E-state index is 12.1. The molecular weight excluding hydrogens is 1910 g/mol. The first-order chi connectivity index (χ1) is 68.6. The van der Waals surface area contributed by atoms with Crippen molar-refractivity contribution in [3.8, 4) is 0 Å². The summed E-state index contributed by atoms with van der Waals surface area (Å²) in [6, 6.07) is 66.1. The molecule has 0 aromatic heterocycles. The monoisotopic (exact) mass is 2080 g/mol. The van der Waals surface area contributed by atoms with Crippen molar-refractivity contribution in [2.45, 2.75) is 284 Å². The zero-order valence-electron chi connectivity index (χ0n) is 89.6. The number of fused-ring (bicyclic) bond motifs is 16. The molecule has 16 unspecified atom stereocenters. The summed E-state index contributed by atoms with van der Waals surface area (Å²) in [6.07, 6.45) is 18.6. The van der Waals surface area contributed by atoms with Gasteiger partial charge in [0, 0.05) is 198 Å². The molecule has 25 nitrogen and oxygen atoms in total. The third kappa shape index (κ3) is 34.4. The second kappa shape index (κ2) is 53.5. The summed E-state index contributed by atoms with van der Waals surface area (Å²) >= 11 is 0. The van der Waals surface area contributed by atoms with Crippen LogP contribution in [0.4, 0.5) is 19.2 Å². The molecule has 11 N–H and O–H groups in total. The summed E-state index contributed by atoms with van der Waals surface area (Å²) in [5.74, 6) is 9.73. The fraction of sp³-hybridized carbons (Fsp3) is 0.639. The van der Waals surface area contributed by atoms with Crippen molar-refractivity contribution >= 4 is 35.9 Å². The predicted molar refractivity (Wildman–Crippen MR) is 575 cm³/mol. The third-order valence-electron chi connectivity index (χ3n) is 32.9. The molecule has 4 amide bonds. The number of amides is 4. The summed E-state index contributed by atoms with van der Waals surface area (Å²) in [4.78, 5) is 74.5. The normalized spacial score (nSPS) is 30.3. The molecule has 8 heterocycles. The summed E-state index contributed by atoms with van der Waals surface area (Å²) < 4.78 is 21.4. The second-order valence-electron chi connectivity index (χ2n) is 48.7. The zero-order valence-corrected chi connectivity index (χ0v) is 91.2. The largest absolute Gasteiger partial charge is 0.444 e. The van der Waals surface area contributed by atoms with E-state index in [9.17, 15) is 24.0 Å². The number of hydrogen-bond donors (Lipinski definition) is 9. The first-order valence-corrected chi connectivity index (χ1v) is 54.8. The Morgan fingerprint density at radius 3 is 0.690 bits per heavy atom. The van der Waals surface area contributed by atoms with E-state index in [0.29, 0.717) is 101 Å². The smallest absolute Gasteiger partial charge is 0.407 e. The molecule has 16 atom stereocenters. The van der Waals surface area contributed by atoms with Crippen molar-refractivity contribution < 1.29 is 68.6 Å². The minimum atomic E-state index is -0.433. The quantitative estimate of drug-likeness (QED) is 0.0143. The molecule has 16 fully saturated rings. The van der Waals surface area contributed by atoms with Crippen LogP contribution in [0.3, 0.4) is 0 Å². The van der Waals surface area contributed by atoms with E-state index in [4.69, 9.17) is 35.6 Å². The van der Waals surface area contributed by atoms with Gasteiger partial charge in [0.25, 0.3) is 0 Å². The average Bonchev–Trinajstić information content (AvgIpc) is 1.67. The minimum Gasteiger partial charge on any atom is -0.444 e. The van der Waals surface area contributed by atoms with Crippen molar-refractivity contribution in [1.82, 2.24) is 61.3 Å². The van der Waals surface area contributed by atoms with Crippen molar-refractivity contribution in [3.05, 3.63) is 223 Å². The van der Waals surface area contributed by atoms with Gasteiger partial charge in [-0.2, -0.15) is 0 Å². The van der Waals surface area contributed by atoms with E-state index in [1.54, 1.807) is 0 Å². The van der Waals surface area contributed by atoms with Crippen LogP contribution in [0.1, 0.15) is 219 Å². The number of ketones is 1. The van der Waals surface area contributed by atoms with Gasteiger partial charge < -0.3 is 74.9 Å². The van der Waals surface area contributed by atoms with E-state index in [-0.39, 0.29) is 64.3 Å². The number of alkyl carbamates (subject to hydrolysis) is 4. The number of Topliss-reactive ketones (excluding diaryl/α,β-unsaturated/α-hetero) is 1. The fourth-order valence-corrected chi connectivity index (χ4v) is 26.4. The van der Waals surface area contributed by atoms with Crippen molar-refractivity contribution in [2.24, 2.45) is 111 Å². The molecule has 26 heteroatoms. The number of nitrogens with one attached hydrogen (secondary N) is 6. The van der Waals surface area contributed by atoms with Gasteiger partial charge in [0.15, 0.2) is 0 Å². The Labute approximate surface area is 882 Å². The van der Waals surface area contributed by atoms with Gasteiger partial charge in [-0.25, -0.2) is 19.2 Å². The van der Waals surface area contributed by atoms with E-state index in [0.717, 1.165) is 160 Å². The molecule has 8 saturated carbocycles. The van der Waals surface area contributed by atoms with E-state index >= 15 is 0 Å². The summed E-state index contributed by atoms with van der Waals surface area (Å²) in [5, 5.41) is 31.7. The van der Waals surface area contributed by atoms with Crippen LogP contribution < -0.4 is 43.4 Å². The number of oxime groups is 1. The Bertz CT molecular complexity index is 4610. The summed E-state index contributed by atoms with van der Waals surface area (Å²) in [7, 11) is 0. The van der Waals surface area contributed by atoms with Crippen LogP contribution in [0, 0.1) is 102 Å². The third-order valence-corrected chi connectivity index (χ3v) is 32.9. The maximum absolute atomic E-state index is 12.1. The first-order valence-electron chi connectivity index (χ1n) is 54.8. The van der Waals surface area contributed by atoms with Gasteiger partial charge in [0.05, 0.1) is 5.71 Å². The van der Waals surface area contributed by atoms with Gasteiger partial charge in [-0.1, -0.05) is 187 Å². The molecular formula is C119H178N15O10Pd-. The summed E-state index contributed by atoms with van der Waals surface area (Å²) in [5.41, 5.74) is 20.1. The predicted octanol–water partition coefficient (Wildman–Crippen LogP) is 18.5. The number of carbonyl (C=O) groups is 5. The zero-order chi connectivity index (χ0) is 101. The van der Waals surface area contributed by atoms with Crippen molar-refractivity contribution in [1.29, 1.82) is 0 Å². The number of hydrogen-bond acceptors (Lipinski definition) is 21. The Morgan fingerprint density at radius 1 is 0.297 bits per heavy atom. The Balaban J connectivity index is 0.000000139. The van der Waals surface area contributed by atoms with Gasteiger partial charge >= 0.3 is 24.4 Å². The number of carbonyl (C=O) groups excluding carboxylic acids is 5. The first kappa shape index (κ1) is 114. The molecule has 6 aromatic carbocycles. The number of likely N-dealkylation sites (tertiary alicyclic amines) is 6. The van der Waals surface area contributed by atoms with Crippen LogP contribution in [0.2, 0.25) is 0 Å². The standard InChI is InChI=1S/2C19H28N2O2.C14H18N2O.2C14H20N2.C14H17NO.2C12H22N2O2.CH3.Pd/c2*1-19(2,3)23-18(22)20-17-15-9-10-16(17)13-21(12-15)11-14-7-5-4-6-8-14;17-15-14-12-6-7-13(14)10-16(9-12)8-11-4-2-1-3-5-11;2*15-14-12-6-7-13(14)10-16(9-12)8-11-4-2-1-3-5-11;16-14-12-6-7-13(14)10-15(9-12)8-11-4-2-1-3-5-11;2*1-12(2,3)16-11(15)14-10-8-4-5-9(10)7-13-6-8;;/h2*4-8,15-17H,9-13H2,1-3H3,(H,20,22);1-5,12-13,17H,6-10H2;2*1-5,12-14H,6-10,15H2;1-5,12-13H,6-10H2;2*8-10,13H,4-7H2,1-3H3,(H,14,15);1H3;/q;;;;;;;;-1;. The van der Waals surface area contributed by atoms with Gasteiger partial charge in [0.2, 0.25) is 0 Å².